The Hall–Kier alpha value is -4.14. The fourth-order valence-corrected chi connectivity index (χ4v) is 6.59. The van der Waals surface area contributed by atoms with Gasteiger partial charge in [-0.1, -0.05) is 0 Å². The molecule has 2 atom stereocenters. The molecule has 2 fully saturated rings. The summed E-state index contributed by atoms with van der Waals surface area (Å²) in [6, 6.07) is 4.38. The topological polar surface area (TPSA) is 167 Å². The molecule has 0 bridgehead atoms. The Morgan fingerprint density at radius 1 is 1.11 bits per heavy atom. The van der Waals surface area contributed by atoms with E-state index in [0.29, 0.717) is 17.8 Å². The summed E-state index contributed by atoms with van der Waals surface area (Å²) < 4.78 is 95.5. The highest BCUT2D eigenvalue weighted by atomic mass is 32.2. The maximum atomic E-state index is 13.6. The average Bonchev–Trinajstić information content (AvgIpc) is 3.71. The van der Waals surface area contributed by atoms with Crippen LogP contribution in [0.5, 0.6) is 0 Å². The highest BCUT2D eigenvalue weighted by Gasteiger charge is 2.39. The molecule has 250 valence electrons. The number of aliphatic hydroxyl groups is 1. The zero-order chi connectivity index (χ0) is 33.4. The number of benzene rings is 1. The van der Waals surface area contributed by atoms with Crippen LogP contribution < -0.4 is 16.0 Å². The van der Waals surface area contributed by atoms with E-state index in [9.17, 15) is 45.1 Å². The number of rotatable bonds is 8. The number of sulfonamides is 1. The van der Waals surface area contributed by atoms with Crippen LogP contribution in [0.4, 0.5) is 32.4 Å². The van der Waals surface area contributed by atoms with Crippen LogP contribution in [-0.4, -0.2) is 112 Å². The van der Waals surface area contributed by atoms with E-state index in [0.717, 1.165) is 17.0 Å². The van der Waals surface area contributed by atoms with Gasteiger partial charge >= 0.3 is 12.2 Å². The quantitative estimate of drug-likeness (QED) is 0.258. The van der Waals surface area contributed by atoms with Gasteiger partial charge in [-0.25, -0.2) is 27.0 Å². The van der Waals surface area contributed by atoms with Crippen molar-refractivity contribution < 1.29 is 45.1 Å². The largest absolute Gasteiger partial charge is 0.435 e. The number of alkyl halides is 5. The Bertz CT molecular complexity index is 1690. The number of nitrogens with one attached hydrogen (secondary N) is 3. The summed E-state index contributed by atoms with van der Waals surface area (Å²) in [4.78, 5) is 30.8. The molecule has 3 aromatic rings. The number of β-amino-alcohol motifs (C(OH)–C–C–N with tert-alkyl or cyclic N) is 1. The zero-order valence-corrected chi connectivity index (χ0v) is 25.0. The van der Waals surface area contributed by atoms with Crippen molar-refractivity contribution in [1.29, 1.82) is 0 Å². The molecule has 2 saturated heterocycles. The third-order valence-electron chi connectivity index (χ3n) is 7.59. The maximum absolute atomic E-state index is 13.6. The Balaban J connectivity index is 1.22. The van der Waals surface area contributed by atoms with Gasteiger partial charge in [-0.2, -0.15) is 22.6 Å². The van der Waals surface area contributed by atoms with Crippen molar-refractivity contribution in [2.75, 3.05) is 44.6 Å². The molecule has 4 heterocycles. The number of carbonyl (C=O) groups is 2. The van der Waals surface area contributed by atoms with Gasteiger partial charge in [0.2, 0.25) is 10.0 Å². The summed E-state index contributed by atoms with van der Waals surface area (Å²) in [5.74, 6) is -1.13. The minimum Gasteiger partial charge on any atom is -0.390 e. The number of piperazine rings is 1. The Labute approximate surface area is 259 Å². The van der Waals surface area contributed by atoms with E-state index in [1.807, 2.05) is 0 Å². The molecule has 1 aromatic carbocycles. The summed E-state index contributed by atoms with van der Waals surface area (Å²) in [6.45, 7) is 0.0997. The molecule has 3 amide bonds. The van der Waals surface area contributed by atoms with Crippen molar-refractivity contribution in [2.24, 2.45) is 7.05 Å². The van der Waals surface area contributed by atoms with E-state index in [1.54, 1.807) is 0 Å². The van der Waals surface area contributed by atoms with Crippen molar-refractivity contribution >= 4 is 27.6 Å². The highest BCUT2D eigenvalue weighted by molar-refractivity contribution is 7.89. The van der Waals surface area contributed by atoms with Gasteiger partial charge in [-0.3, -0.25) is 9.48 Å². The number of carbonyl (C=O) groups excluding carboxylic acids is 2. The fourth-order valence-electron chi connectivity index (χ4n) is 5.16. The molecule has 46 heavy (non-hydrogen) atoms. The predicted octanol–water partition coefficient (Wildman–Crippen LogP) is 1.17. The average molecular weight is 676 g/mol. The van der Waals surface area contributed by atoms with Gasteiger partial charge in [0.05, 0.1) is 34.5 Å². The molecule has 20 heteroatoms. The number of nitrogens with zero attached hydrogens (tertiary/aromatic N) is 6. The number of amides is 3. The number of aliphatic hydroxyl groups excluding tert-OH is 1. The van der Waals surface area contributed by atoms with Crippen LogP contribution in [0.2, 0.25) is 0 Å². The molecule has 2 aromatic heterocycles. The van der Waals surface area contributed by atoms with E-state index in [-0.39, 0.29) is 48.3 Å². The highest BCUT2D eigenvalue weighted by Crippen LogP contribution is 2.36. The van der Waals surface area contributed by atoms with Crippen LogP contribution in [0.15, 0.2) is 41.6 Å². The second-order valence-corrected chi connectivity index (χ2v) is 12.6. The van der Waals surface area contributed by atoms with Crippen molar-refractivity contribution in [3.05, 3.63) is 48.2 Å². The van der Waals surface area contributed by atoms with Crippen LogP contribution in [0.1, 0.15) is 16.3 Å². The molecular weight excluding hydrogens is 645 g/mol. The van der Waals surface area contributed by atoms with Gasteiger partial charge in [0.15, 0.2) is 11.5 Å². The molecular formula is C26H30F5N9O5S. The van der Waals surface area contributed by atoms with Gasteiger partial charge in [0.25, 0.3) is 12.3 Å². The van der Waals surface area contributed by atoms with Crippen LogP contribution in [0.25, 0.3) is 11.3 Å². The number of imidazole rings is 1. The van der Waals surface area contributed by atoms with Crippen LogP contribution >= 0.6 is 0 Å². The van der Waals surface area contributed by atoms with Gasteiger partial charge in [0, 0.05) is 58.2 Å². The lowest BCUT2D eigenvalue weighted by molar-refractivity contribution is -0.141. The Morgan fingerprint density at radius 3 is 2.37 bits per heavy atom. The van der Waals surface area contributed by atoms with Crippen molar-refractivity contribution in [3.8, 4) is 11.3 Å². The third-order valence-corrected chi connectivity index (χ3v) is 9.50. The molecule has 0 unspecified atom stereocenters. The van der Waals surface area contributed by atoms with Gasteiger partial charge in [-0.05, 0) is 24.3 Å². The van der Waals surface area contributed by atoms with Crippen LogP contribution in [-0.2, 0) is 29.8 Å². The summed E-state index contributed by atoms with van der Waals surface area (Å²) in [5.41, 5.74) is -1.97. The zero-order valence-electron chi connectivity index (χ0n) is 24.2. The van der Waals surface area contributed by atoms with Crippen molar-refractivity contribution in [2.45, 2.75) is 36.2 Å². The number of hydrogen-bond acceptors (Lipinski definition) is 8. The molecule has 0 aliphatic carbocycles. The summed E-state index contributed by atoms with van der Waals surface area (Å²) >= 11 is 0. The lowest BCUT2D eigenvalue weighted by Crippen LogP contribution is -2.55. The van der Waals surface area contributed by atoms with E-state index in [4.69, 9.17) is 0 Å². The number of halogens is 5. The van der Waals surface area contributed by atoms with E-state index in [2.05, 4.69) is 26.0 Å². The Kier molecular flexibility index (Phi) is 9.34. The van der Waals surface area contributed by atoms with E-state index < -0.39 is 64.5 Å². The first kappa shape index (κ1) is 33.2. The van der Waals surface area contributed by atoms with Gasteiger partial charge in [0.1, 0.15) is 6.54 Å². The summed E-state index contributed by atoms with van der Waals surface area (Å²) in [5, 5.41) is 21.3. The lowest BCUT2D eigenvalue weighted by Gasteiger charge is -2.34. The molecule has 5 rings (SSSR count). The molecule has 2 aliphatic heterocycles. The minimum atomic E-state index is -4.96. The van der Waals surface area contributed by atoms with E-state index >= 15 is 0 Å². The number of anilines is 1. The summed E-state index contributed by atoms with van der Waals surface area (Å²) in [7, 11) is -2.67. The molecule has 2 aliphatic rings. The van der Waals surface area contributed by atoms with Gasteiger partial charge in [-0.15, -0.1) is 0 Å². The predicted molar refractivity (Wildman–Crippen MR) is 151 cm³/mol. The minimum absolute atomic E-state index is 0.0400. The third kappa shape index (κ3) is 6.98. The molecule has 0 spiro atoms. The smallest absolute Gasteiger partial charge is 0.390 e. The van der Waals surface area contributed by atoms with Crippen molar-refractivity contribution in [3.63, 3.8) is 0 Å². The van der Waals surface area contributed by atoms with Crippen LogP contribution in [0, 0.1) is 0 Å². The standard InChI is InChI=1S/C26H30F5N9O5S/c1-37-19(17-13-39(14-21(27)28)36-22(17)26(29,30)31)11-33-23(37)24(42)34-15-2-4-16(5-3-15)46(44,45)40-8-6-38(7-9-40)25(43)35-18-10-32-12-20(18)41/h2-5,11,13,18,20-21,32,41H,6-10,12,14H2,1H3,(H,34,42)(H,35,43)/t18-,20-/m1/s1. The first-order valence-electron chi connectivity index (χ1n) is 14.0. The Morgan fingerprint density at radius 2 is 1.78 bits per heavy atom. The monoisotopic (exact) mass is 675 g/mol. The van der Waals surface area contributed by atoms with Crippen molar-refractivity contribution in [1.82, 2.24) is 39.2 Å². The fraction of sp³-hybridized carbons (Fsp3) is 0.462. The maximum Gasteiger partial charge on any atom is 0.435 e. The normalized spacial score (nSPS) is 19.5. The first-order chi connectivity index (χ1) is 21.6. The number of hydrogen-bond donors (Lipinski definition) is 4. The lowest BCUT2D eigenvalue weighted by atomic mass is 10.2. The molecule has 0 saturated carbocycles. The second kappa shape index (κ2) is 12.9. The molecule has 4 N–H and O–H groups in total. The molecule has 14 nitrogen and oxygen atoms in total. The second-order valence-electron chi connectivity index (χ2n) is 10.7. The SMILES string of the molecule is Cn1c(-c2cn(CC(F)F)nc2C(F)(F)F)cnc1C(=O)Nc1ccc(S(=O)(=O)N2CCN(C(=O)N[C@@H]3CNC[C@H]3O)CC2)cc1. The number of aromatic nitrogens is 4. The van der Waals surface area contributed by atoms with Gasteiger partial charge < -0.3 is 30.5 Å². The molecule has 0 radical (unpaired) electrons. The van der Waals surface area contributed by atoms with Crippen LogP contribution in [0.3, 0.4) is 0 Å². The number of urea groups is 1. The summed E-state index contributed by atoms with van der Waals surface area (Å²) in [6.07, 6.45) is -6.81. The first-order valence-corrected chi connectivity index (χ1v) is 15.4. The van der Waals surface area contributed by atoms with E-state index in [1.165, 1.54) is 40.5 Å².